The SMILES string of the molecule is Cc1nc(N)sc1CCCN=C(N)NC(=O)CCCCCCCC(=O)NC(N)=NCCCc1sc(N)nc1C. The van der Waals surface area contributed by atoms with Gasteiger partial charge in [0.25, 0.3) is 0 Å². The van der Waals surface area contributed by atoms with Crippen LogP contribution in [0.4, 0.5) is 10.3 Å². The lowest BCUT2D eigenvalue weighted by molar-refractivity contribution is -0.120. The Morgan fingerprint density at radius 2 is 1.08 bits per heavy atom. The second-order valence-electron chi connectivity index (χ2n) is 9.23. The zero-order chi connectivity index (χ0) is 28.6. The molecule has 2 heterocycles. The van der Waals surface area contributed by atoms with Crippen LogP contribution in [0.25, 0.3) is 0 Å². The van der Waals surface area contributed by atoms with E-state index in [9.17, 15) is 9.59 Å². The van der Waals surface area contributed by atoms with E-state index in [1.165, 1.54) is 22.7 Å². The Kier molecular flexibility index (Phi) is 14.2. The number of anilines is 2. The number of rotatable bonds is 16. The van der Waals surface area contributed by atoms with Crippen LogP contribution in [0.5, 0.6) is 0 Å². The van der Waals surface area contributed by atoms with Crippen LogP contribution in [-0.2, 0) is 22.4 Å². The van der Waals surface area contributed by atoms with Gasteiger partial charge in [-0.15, -0.1) is 22.7 Å². The van der Waals surface area contributed by atoms with Crippen LogP contribution in [0.1, 0.15) is 78.9 Å². The summed E-state index contributed by atoms with van der Waals surface area (Å²) in [5.41, 5.74) is 24.9. The highest BCUT2D eigenvalue weighted by atomic mass is 32.1. The molecule has 0 aliphatic carbocycles. The number of nitrogens with zero attached hydrogens (tertiary/aromatic N) is 4. The Bertz CT molecular complexity index is 1040. The van der Waals surface area contributed by atoms with Crippen LogP contribution in [0.15, 0.2) is 9.98 Å². The summed E-state index contributed by atoms with van der Waals surface area (Å²) in [5.74, 6) is 0.0227. The second-order valence-corrected chi connectivity index (χ2v) is 11.5. The number of aryl methyl sites for hydroxylation is 4. The number of carbonyl (C=O) groups is 2. The maximum Gasteiger partial charge on any atom is 0.226 e. The zero-order valence-electron chi connectivity index (χ0n) is 22.9. The number of hydrogen-bond donors (Lipinski definition) is 6. The maximum absolute atomic E-state index is 12.0. The molecule has 14 heteroatoms. The number of nitrogens with two attached hydrogens (primary N) is 4. The van der Waals surface area contributed by atoms with Crippen LogP contribution < -0.4 is 33.6 Å². The molecule has 0 fully saturated rings. The van der Waals surface area contributed by atoms with Gasteiger partial charge in [-0.1, -0.05) is 19.3 Å². The van der Waals surface area contributed by atoms with Crippen LogP contribution in [0.2, 0.25) is 0 Å². The summed E-state index contributed by atoms with van der Waals surface area (Å²) in [6.07, 6.45) is 8.30. The predicted octanol–water partition coefficient (Wildman–Crippen LogP) is 2.54. The molecule has 0 spiro atoms. The topological polar surface area (TPSA) is 213 Å². The predicted molar refractivity (Wildman–Crippen MR) is 161 cm³/mol. The summed E-state index contributed by atoms with van der Waals surface area (Å²) in [4.78, 5) is 43.2. The fourth-order valence-electron chi connectivity index (χ4n) is 3.83. The number of aliphatic imine (C=N–C) groups is 2. The molecule has 2 aromatic heterocycles. The molecule has 216 valence electrons. The van der Waals surface area contributed by atoms with Crippen molar-refractivity contribution in [1.29, 1.82) is 0 Å². The van der Waals surface area contributed by atoms with Crippen LogP contribution >= 0.6 is 22.7 Å². The Labute approximate surface area is 238 Å². The second kappa shape index (κ2) is 17.4. The van der Waals surface area contributed by atoms with Gasteiger partial charge < -0.3 is 22.9 Å². The summed E-state index contributed by atoms with van der Waals surface area (Å²) >= 11 is 2.98. The number of amides is 2. The van der Waals surface area contributed by atoms with Gasteiger partial charge in [0, 0.05) is 35.7 Å². The van der Waals surface area contributed by atoms with Crippen molar-refractivity contribution < 1.29 is 9.59 Å². The molecule has 0 aliphatic rings. The largest absolute Gasteiger partial charge is 0.375 e. The molecule has 2 aromatic rings. The number of nitrogen functional groups attached to an aromatic ring is 2. The Balaban J connectivity index is 1.45. The molecule has 0 aliphatic heterocycles. The van der Waals surface area contributed by atoms with Gasteiger partial charge in [-0.2, -0.15) is 0 Å². The van der Waals surface area contributed by atoms with Gasteiger partial charge in [0.2, 0.25) is 11.8 Å². The molecular weight excluding hydrogens is 536 g/mol. The lowest BCUT2D eigenvalue weighted by Gasteiger charge is -2.06. The molecule has 2 amide bonds. The van der Waals surface area contributed by atoms with Gasteiger partial charge in [-0.05, 0) is 52.4 Å². The molecule has 0 atom stereocenters. The smallest absolute Gasteiger partial charge is 0.226 e. The van der Waals surface area contributed by atoms with E-state index in [0.29, 0.717) is 36.2 Å². The number of guanidine groups is 2. The molecule has 39 heavy (non-hydrogen) atoms. The highest BCUT2D eigenvalue weighted by Gasteiger charge is 2.07. The first-order chi connectivity index (χ1) is 18.6. The number of thiazole rings is 2. The third-order valence-electron chi connectivity index (χ3n) is 5.85. The first kappa shape index (κ1) is 32.0. The lowest BCUT2D eigenvalue weighted by atomic mass is 10.1. The lowest BCUT2D eigenvalue weighted by Crippen LogP contribution is -2.36. The van der Waals surface area contributed by atoms with E-state index in [-0.39, 0.29) is 23.7 Å². The summed E-state index contributed by atoms with van der Waals surface area (Å²) in [7, 11) is 0. The van der Waals surface area contributed by atoms with E-state index in [1.807, 2.05) is 13.8 Å². The average Bonchev–Trinajstić information content (AvgIpc) is 3.36. The van der Waals surface area contributed by atoms with Crippen LogP contribution in [0.3, 0.4) is 0 Å². The molecule has 10 N–H and O–H groups in total. The minimum atomic E-state index is -0.136. The first-order valence-electron chi connectivity index (χ1n) is 13.3. The van der Waals surface area contributed by atoms with Gasteiger partial charge in [0.1, 0.15) is 0 Å². The normalized spacial score (nSPS) is 12.1. The molecule has 12 nitrogen and oxygen atoms in total. The molecular formula is C25H42N10O2S2. The van der Waals surface area contributed by atoms with Gasteiger partial charge in [0.05, 0.1) is 11.4 Å². The quantitative estimate of drug-likeness (QED) is 0.0986. The highest BCUT2D eigenvalue weighted by molar-refractivity contribution is 7.15. The summed E-state index contributed by atoms with van der Waals surface area (Å²) in [5, 5.41) is 6.42. The van der Waals surface area contributed by atoms with Gasteiger partial charge in [-0.25, -0.2) is 9.97 Å². The van der Waals surface area contributed by atoms with Crippen molar-refractivity contribution in [3.05, 3.63) is 21.1 Å². The van der Waals surface area contributed by atoms with E-state index in [1.54, 1.807) is 0 Å². The number of carbonyl (C=O) groups excluding carboxylic acids is 2. The maximum atomic E-state index is 12.0. The average molecular weight is 579 g/mol. The van der Waals surface area contributed by atoms with E-state index in [0.717, 1.165) is 78.9 Å². The summed E-state index contributed by atoms with van der Waals surface area (Å²) in [6, 6.07) is 0. The number of hydrogen-bond acceptors (Lipinski definition) is 10. The molecule has 0 unspecified atom stereocenters. The van der Waals surface area contributed by atoms with E-state index >= 15 is 0 Å². The van der Waals surface area contributed by atoms with Crippen molar-refractivity contribution in [2.75, 3.05) is 24.6 Å². The number of unbranched alkanes of at least 4 members (excludes halogenated alkanes) is 4. The highest BCUT2D eigenvalue weighted by Crippen LogP contribution is 2.21. The van der Waals surface area contributed by atoms with Crippen LogP contribution in [-0.4, -0.2) is 46.8 Å². The number of aromatic nitrogens is 2. The third-order valence-corrected chi connectivity index (χ3v) is 7.94. The van der Waals surface area contributed by atoms with Gasteiger partial charge in [0.15, 0.2) is 22.2 Å². The van der Waals surface area contributed by atoms with Crippen molar-refractivity contribution in [1.82, 2.24) is 20.6 Å². The molecule has 0 bridgehead atoms. The molecule has 0 aromatic carbocycles. The van der Waals surface area contributed by atoms with Gasteiger partial charge >= 0.3 is 0 Å². The van der Waals surface area contributed by atoms with Crippen molar-refractivity contribution in [2.45, 2.75) is 84.5 Å². The van der Waals surface area contributed by atoms with Crippen molar-refractivity contribution in [2.24, 2.45) is 21.5 Å². The zero-order valence-corrected chi connectivity index (χ0v) is 24.6. The Morgan fingerprint density at radius 3 is 1.44 bits per heavy atom. The minimum absolute atomic E-state index is 0.136. The van der Waals surface area contributed by atoms with Crippen LogP contribution in [0, 0.1) is 13.8 Å². The van der Waals surface area contributed by atoms with Crippen molar-refractivity contribution in [3.63, 3.8) is 0 Å². The first-order valence-corrected chi connectivity index (χ1v) is 14.9. The fraction of sp³-hybridized carbons (Fsp3) is 0.600. The monoisotopic (exact) mass is 578 g/mol. The van der Waals surface area contributed by atoms with Crippen molar-refractivity contribution >= 4 is 56.7 Å². The van der Waals surface area contributed by atoms with Crippen molar-refractivity contribution in [3.8, 4) is 0 Å². The van der Waals surface area contributed by atoms with E-state index < -0.39 is 0 Å². The molecule has 0 saturated heterocycles. The molecule has 2 rings (SSSR count). The minimum Gasteiger partial charge on any atom is -0.375 e. The Hall–Kier alpha value is -3.26. The van der Waals surface area contributed by atoms with Gasteiger partial charge in [-0.3, -0.25) is 30.2 Å². The fourth-order valence-corrected chi connectivity index (χ4v) is 5.58. The number of nitrogens with one attached hydrogen (secondary N) is 2. The third kappa shape index (κ3) is 13.4. The molecule has 0 saturated carbocycles. The standard InChI is InChI=1S/C25H42N10O2S2/c1-16-18(38-24(28)32-16)10-8-14-30-22(26)34-20(36)12-6-4-3-5-7-13-21(37)35-23(27)31-15-9-11-19-17(2)33-25(29)39-19/h3-15H2,1-2H3,(H2,28,32)(H2,29,33)(H3,26,30,34,36)(H3,27,31,35,37). The summed E-state index contributed by atoms with van der Waals surface area (Å²) < 4.78 is 0. The summed E-state index contributed by atoms with van der Waals surface area (Å²) in [6.45, 7) is 4.93. The molecule has 0 radical (unpaired) electrons. The van der Waals surface area contributed by atoms with E-state index in [2.05, 4.69) is 30.6 Å². The van der Waals surface area contributed by atoms with E-state index in [4.69, 9.17) is 22.9 Å². The Morgan fingerprint density at radius 1 is 0.692 bits per heavy atom.